The van der Waals surface area contributed by atoms with E-state index in [1.165, 1.54) is 6.07 Å². The Bertz CT molecular complexity index is 785. The number of carbonyl (C=O) groups is 1. The van der Waals surface area contributed by atoms with Crippen LogP contribution in [0.5, 0.6) is 5.75 Å². The van der Waals surface area contributed by atoms with Crippen LogP contribution in [-0.2, 0) is 4.79 Å². The average molecular weight is 356 g/mol. The molecule has 0 spiro atoms. The minimum Gasteiger partial charge on any atom is -0.481 e. The van der Waals surface area contributed by atoms with Crippen molar-refractivity contribution in [1.82, 2.24) is 4.90 Å². The van der Waals surface area contributed by atoms with Gasteiger partial charge >= 0.3 is 0 Å². The zero-order valence-electron chi connectivity index (χ0n) is 15.5. The van der Waals surface area contributed by atoms with E-state index in [1.807, 2.05) is 43.0 Å². The SMILES string of the molecule is Cc1ccc(O[C@@H](C)C(=O)N2CCN(c3ccccc3F)CC2)c(C)c1. The van der Waals surface area contributed by atoms with Crippen molar-refractivity contribution in [1.29, 1.82) is 0 Å². The number of para-hydroxylation sites is 1. The summed E-state index contributed by atoms with van der Waals surface area (Å²) in [5.41, 5.74) is 2.78. The first-order valence-corrected chi connectivity index (χ1v) is 8.98. The summed E-state index contributed by atoms with van der Waals surface area (Å²) in [6, 6.07) is 12.7. The van der Waals surface area contributed by atoms with Crippen LogP contribution in [0, 0.1) is 19.7 Å². The molecule has 26 heavy (non-hydrogen) atoms. The van der Waals surface area contributed by atoms with E-state index < -0.39 is 6.10 Å². The second-order valence-corrected chi connectivity index (χ2v) is 6.79. The second kappa shape index (κ2) is 7.77. The molecule has 1 saturated heterocycles. The number of anilines is 1. The summed E-state index contributed by atoms with van der Waals surface area (Å²) in [6.07, 6.45) is -0.545. The lowest BCUT2D eigenvalue weighted by Gasteiger charge is -2.37. The normalized spacial score (nSPS) is 15.7. The van der Waals surface area contributed by atoms with Gasteiger partial charge in [-0.15, -0.1) is 0 Å². The van der Waals surface area contributed by atoms with Gasteiger partial charge in [-0.2, -0.15) is 0 Å². The summed E-state index contributed by atoms with van der Waals surface area (Å²) in [5.74, 6) is 0.485. The van der Waals surface area contributed by atoms with E-state index >= 15 is 0 Å². The zero-order valence-corrected chi connectivity index (χ0v) is 15.5. The summed E-state index contributed by atoms with van der Waals surface area (Å²) >= 11 is 0. The average Bonchev–Trinajstić information content (AvgIpc) is 2.64. The number of nitrogens with zero attached hydrogens (tertiary/aromatic N) is 2. The summed E-state index contributed by atoms with van der Waals surface area (Å²) in [6.45, 7) is 8.14. The summed E-state index contributed by atoms with van der Waals surface area (Å²) in [5, 5.41) is 0. The van der Waals surface area contributed by atoms with E-state index in [0.717, 1.165) is 16.9 Å². The van der Waals surface area contributed by atoms with Gasteiger partial charge in [0, 0.05) is 26.2 Å². The Labute approximate surface area is 154 Å². The fourth-order valence-electron chi connectivity index (χ4n) is 3.31. The Morgan fingerprint density at radius 2 is 1.77 bits per heavy atom. The monoisotopic (exact) mass is 356 g/mol. The number of halogens is 1. The van der Waals surface area contributed by atoms with Gasteiger partial charge in [0.15, 0.2) is 6.10 Å². The van der Waals surface area contributed by atoms with Crippen LogP contribution in [0.1, 0.15) is 18.1 Å². The first-order chi connectivity index (χ1) is 12.5. The smallest absolute Gasteiger partial charge is 0.263 e. The molecule has 4 nitrogen and oxygen atoms in total. The van der Waals surface area contributed by atoms with E-state index in [1.54, 1.807) is 24.0 Å². The number of hydrogen-bond donors (Lipinski definition) is 0. The second-order valence-electron chi connectivity index (χ2n) is 6.79. The van der Waals surface area contributed by atoms with Gasteiger partial charge < -0.3 is 14.5 Å². The largest absolute Gasteiger partial charge is 0.481 e. The third-order valence-corrected chi connectivity index (χ3v) is 4.77. The van der Waals surface area contributed by atoms with Crippen LogP contribution in [0.3, 0.4) is 0 Å². The van der Waals surface area contributed by atoms with Crippen molar-refractivity contribution < 1.29 is 13.9 Å². The molecule has 1 amide bonds. The maximum Gasteiger partial charge on any atom is 0.263 e. The van der Waals surface area contributed by atoms with E-state index in [4.69, 9.17) is 4.74 Å². The van der Waals surface area contributed by atoms with Gasteiger partial charge in [0.1, 0.15) is 11.6 Å². The Morgan fingerprint density at radius 3 is 2.42 bits per heavy atom. The molecule has 0 saturated carbocycles. The highest BCUT2D eigenvalue weighted by Gasteiger charge is 2.27. The van der Waals surface area contributed by atoms with E-state index in [9.17, 15) is 9.18 Å². The number of hydrogen-bond acceptors (Lipinski definition) is 3. The molecule has 0 aliphatic carbocycles. The molecule has 1 aliphatic heterocycles. The molecule has 5 heteroatoms. The van der Waals surface area contributed by atoms with E-state index in [2.05, 4.69) is 0 Å². The third kappa shape index (κ3) is 3.98. The van der Waals surface area contributed by atoms with Crippen LogP contribution in [0.4, 0.5) is 10.1 Å². The molecule has 1 heterocycles. The summed E-state index contributed by atoms with van der Waals surface area (Å²) < 4.78 is 19.8. The number of ether oxygens (including phenoxy) is 1. The molecule has 2 aromatic carbocycles. The minimum absolute atomic E-state index is 0.0295. The quantitative estimate of drug-likeness (QED) is 0.840. The Morgan fingerprint density at radius 1 is 1.08 bits per heavy atom. The maximum atomic E-state index is 13.9. The predicted octanol–water partition coefficient (Wildman–Crippen LogP) is 3.56. The molecular weight excluding hydrogens is 331 g/mol. The van der Waals surface area contributed by atoms with Crippen molar-refractivity contribution in [3.8, 4) is 5.75 Å². The fourth-order valence-corrected chi connectivity index (χ4v) is 3.31. The van der Waals surface area contributed by atoms with Crippen LogP contribution in [-0.4, -0.2) is 43.1 Å². The molecule has 0 bridgehead atoms. The van der Waals surface area contributed by atoms with Crippen LogP contribution in [0.25, 0.3) is 0 Å². The molecule has 2 aromatic rings. The molecule has 1 fully saturated rings. The number of rotatable bonds is 4. The van der Waals surface area contributed by atoms with Crippen LogP contribution >= 0.6 is 0 Å². The lowest BCUT2D eigenvalue weighted by atomic mass is 10.1. The van der Waals surface area contributed by atoms with Crippen molar-refractivity contribution in [2.75, 3.05) is 31.1 Å². The van der Waals surface area contributed by atoms with Crippen LogP contribution < -0.4 is 9.64 Å². The molecule has 138 valence electrons. The highest BCUT2D eigenvalue weighted by Crippen LogP contribution is 2.22. The van der Waals surface area contributed by atoms with Gasteiger partial charge in [-0.1, -0.05) is 29.8 Å². The number of aryl methyl sites for hydroxylation is 2. The lowest BCUT2D eigenvalue weighted by molar-refractivity contribution is -0.138. The molecule has 0 unspecified atom stereocenters. The Balaban J connectivity index is 1.58. The van der Waals surface area contributed by atoms with Gasteiger partial charge in [0.2, 0.25) is 0 Å². The number of piperazine rings is 1. The number of carbonyl (C=O) groups excluding carboxylic acids is 1. The minimum atomic E-state index is -0.545. The topological polar surface area (TPSA) is 32.8 Å². The molecule has 0 N–H and O–H groups in total. The maximum absolute atomic E-state index is 13.9. The fraction of sp³-hybridized carbons (Fsp3) is 0.381. The number of benzene rings is 2. The standard InChI is InChI=1S/C21H25FN2O2/c1-15-8-9-20(16(2)14-15)26-17(3)21(25)24-12-10-23(11-13-24)19-7-5-4-6-18(19)22/h4-9,14,17H,10-13H2,1-3H3/t17-/m0/s1. The summed E-state index contributed by atoms with van der Waals surface area (Å²) in [4.78, 5) is 16.5. The summed E-state index contributed by atoms with van der Waals surface area (Å²) in [7, 11) is 0. The zero-order chi connectivity index (χ0) is 18.7. The van der Waals surface area contributed by atoms with Crippen molar-refractivity contribution in [2.45, 2.75) is 26.9 Å². The van der Waals surface area contributed by atoms with Crippen molar-refractivity contribution in [3.63, 3.8) is 0 Å². The number of amides is 1. The first kappa shape index (κ1) is 18.2. The highest BCUT2D eigenvalue weighted by molar-refractivity contribution is 5.81. The first-order valence-electron chi connectivity index (χ1n) is 8.98. The molecular formula is C21H25FN2O2. The van der Waals surface area contributed by atoms with E-state index in [0.29, 0.717) is 31.9 Å². The van der Waals surface area contributed by atoms with Crippen molar-refractivity contribution in [2.24, 2.45) is 0 Å². The van der Waals surface area contributed by atoms with Crippen LogP contribution in [0.15, 0.2) is 42.5 Å². The third-order valence-electron chi connectivity index (χ3n) is 4.77. The van der Waals surface area contributed by atoms with Gasteiger partial charge in [0.25, 0.3) is 5.91 Å². The Hall–Kier alpha value is -2.56. The predicted molar refractivity (Wildman–Crippen MR) is 101 cm³/mol. The van der Waals surface area contributed by atoms with Crippen molar-refractivity contribution in [3.05, 3.63) is 59.4 Å². The molecule has 0 aromatic heterocycles. The van der Waals surface area contributed by atoms with Gasteiger partial charge in [-0.05, 0) is 44.5 Å². The van der Waals surface area contributed by atoms with Gasteiger partial charge in [-0.25, -0.2) is 4.39 Å². The Kier molecular flexibility index (Phi) is 5.45. The van der Waals surface area contributed by atoms with Crippen molar-refractivity contribution >= 4 is 11.6 Å². The lowest BCUT2D eigenvalue weighted by Crippen LogP contribution is -2.52. The van der Waals surface area contributed by atoms with Crippen LogP contribution in [0.2, 0.25) is 0 Å². The molecule has 1 atom stereocenters. The molecule has 0 radical (unpaired) electrons. The van der Waals surface area contributed by atoms with Gasteiger partial charge in [0.05, 0.1) is 5.69 Å². The highest BCUT2D eigenvalue weighted by atomic mass is 19.1. The molecule has 3 rings (SSSR count). The molecule has 1 aliphatic rings. The van der Waals surface area contributed by atoms with E-state index in [-0.39, 0.29) is 11.7 Å². The van der Waals surface area contributed by atoms with Gasteiger partial charge in [-0.3, -0.25) is 4.79 Å².